The molecule has 0 saturated carbocycles. The van der Waals surface area contributed by atoms with Crippen LogP contribution in [0.2, 0.25) is 0 Å². The summed E-state index contributed by atoms with van der Waals surface area (Å²) in [5.74, 6) is -8.00. The summed E-state index contributed by atoms with van der Waals surface area (Å²) in [6.07, 6.45) is 0. The van der Waals surface area contributed by atoms with Gasteiger partial charge in [0.25, 0.3) is 0 Å². The second-order valence-corrected chi connectivity index (χ2v) is 2.23. The first-order valence-electron chi connectivity index (χ1n) is 4.57. The third-order valence-corrected chi connectivity index (χ3v) is 0. The summed E-state index contributed by atoms with van der Waals surface area (Å²) in [4.78, 5) is 52.7. The number of hydrogen-bond donors (Lipinski definition) is 0. The van der Waals surface area contributed by atoms with E-state index in [1.54, 1.807) is 0 Å². The van der Waals surface area contributed by atoms with E-state index in [2.05, 4.69) is 41.5 Å². The number of aliphatic carboxylic acids is 6. The molecule has 0 fully saturated rings. The third kappa shape index (κ3) is 1100. The fourth-order valence-corrected chi connectivity index (χ4v) is 0. The van der Waals surface area contributed by atoms with Crippen molar-refractivity contribution in [3.05, 3.63) is 41.5 Å². The van der Waals surface area contributed by atoms with Gasteiger partial charge in [-0.15, -0.1) is 35.8 Å². The molecule has 0 N–H and O–H groups in total. The first-order valence-corrected chi connectivity index (χ1v) is 4.57. The molecule has 24 heteroatoms. The van der Waals surface area contributed by atoms with Crippen molar-refractivity contribution in [2.75, 3.05) is 0 Å². The van der Waals surface area contributed by atoms with Gasteiger partial charge >= 0.3 is 355 Å². The monoisotopic (exact) mass is 624 g/mol. The summed E-state index contributed by atoms with van der Waals surface area (Å²) in [6.45, 7) is 14.7. The molecule has 0 radical (unpaired) electrons. The van der Waals surface area contributed by atoms with Crippen molar-refractivity contribution in [2.45, 2.75) is 0 Å². The minimum atomic E-state index is -1.33. The van der Waals surface area contributed by atoms with Crippen LogP contribution in [0.5, 0.6) is 0 Å². The second-order valence-electron chi connectivity index (χ2n) is 2.23. The van der Waals surface area contributed by atoms with E-state index in [0.29, 0.717) is 0 Å². The number of carboxylic acids is 6. The molecule has 0 bridgehead atoms. The molecule has 0 atom stereocenters. The largest absolute Gasteiger partial charge is 1.00 e. The van der Waals surface area contributed by atoms with Crippen LogP contribution >= 0.6 is 0 Å². The third-order valence-electron chi connectivity index (χ3n) is 0. The van der Waals surface area contributed by atoms with Crippen molar-refractivity contribution >= 4 is 35.8 Å². The van der Waals surface area contributed by atoms with E-state index < -0.39 is 35.8 Å². The van der Waals surface area contributed by atoms with Crippen molar-refractivity contribution in [2.24, 2.45) is 0 Å². The molecule has 144 valence electrons. The standard InChI is InChI=1S/6C2H3O2.12Na/c6*1-2(3)4;;;;;;;;;;;;/h6*1H2,(H,3,4);;;;;;;;;;;;/q6*-1;12*+1/p-6. The first-order chi connectivity index (χ1) is 10.4. The van der Waals surface area contributed by atoms with E-state index in [-0.39, 0.29) is 355 Å². The Morgan fingerprint density at radius 3 is 0.250 bits per heavy atom. The van der Waals surface area contributed by atoms with Crippen LogP contribution in [-0.2, 0) is 28.8 Å². The normalized spacial score (nSPS) is 4.00. The van der Waals surface area contributed by atoms with Gasteiger partial charge < -0.3 is 101 Å². The quantitative estimate of drug-likeness (QED) is 0.180. The maximum atomic E-state index is 8.78. The molecular weight excluding hydrogens is 612 g/mol. The van der Waals surface area contributed by atoms with E-state index in [1.807, 2.05) is 0 Å². The van der Waals surface area contributed by atoms with Crippen LogP contribution in [0, 0.1) is 41.5 Å². The van der Waals surface area contributed by atoms with Crippen LogP contribution in [-0.4, -0.2) is 35.8 Å². The van der Waals surface area contributed by atoms with Crippen molar-refractivity contribution in [3.8, 4) is 0 Å². The molecule has 0 spiro atoms. The Bertz CT molecular complexity index is 288. The van der Waals surface area contributed by atoms with Gasteiger partial charge in [0.1, 0.15) is 0 Å². The number of carbonyl (C=O) groups excluding carboxylic acids is 6. The number of carboxylic acid groups (broad SMARTS) is 6. The predicted octanol–water partition coefficient (Wildman–Crippen LogP) is -44.5. The van der Waals surface area contributed by atoms with Crippen LogP contribution in [0.1, 0.15) is 0 Å². The molecule has 0 unspecified atom stereocenters. The average Bonchev–Trinajstić information content (AvgIpc) is 2.08. The molecule has 0 amide bonds. The molecule has 0 aromatic carbocycles. The summed E-state index contributed by atoms with van der Waals surface area (Å²) in [6, 6.07) is 0. The zero-order valence-corrected chi connectivity index (χ0v) is 48.1. The summed E-state index contributed by atoms with van der Waals surface area (Å²) in [7, 11) is 0. The summed E-state index contributed by atoms with van der Waals surface area (Å²) in [5.41, 5.74) is 0. The van der Waals surface area contributed by atoms with E-state index in [0.717, 1.165) is 0 Å². The number of rotatable bonds is 0. The molecule has 36 heavy (non-hydrogen) atoms. The van der Waals surface area contributed by atoms with E-state index in [1.165, 1.54) is 0 Å². The minimum absolute atomic E-state index is 0. The van der Waals surface area contributed by atoms with Crippen molar-refractivity contribution in [1.29, 1.82) is 0 Å². The number of hydrogen-bond acceptors (Lipinski definition) is 12. The molecule has 0 rings (SSSR count). The van der Waals surface area contributed by atoms with Crippen molar-refractivity contribution < 1.29 is 414 Å². The second kappa shape index (κ2) is 112. The van der Waals surface area contributed by atoms with E-state index in [9.17, 15) is 0 Å². The molecule has 0 aliphatic rings. The molecule has 0 heterocycles. The van der Waals surface area contributed by atoms with Gasteiger partial charge in [0.05, 0.1) is 0 Å². The van der Waals surface area contributed by atoms with E-state index in [4.69, 9.17) is 59.4 Å². The Morgan fingerprint density at radius 2 is 0.250 bits per heavy atom. The van der Waals surface area contributed by atoms with Crippen molar-refractivity contribution in [1.82, 2.24) is 0 Å². The van der Waals surface area contributed by atoms with Gasteiger partial charge in [0, 0.05) is 0 Å². The molecule has 0 aromatic rings. The zero-order chi connectivity index (χ0) is 21.5. The molecular formula is C12H12Na12O12. The summed E-state index contributed by atoms with van der Waals surface area (Å²) in [5, 5.41) is 52.7. The fourth-order valence-electron chi connectivity index (χ4n) is 0. The molecule has 0 saturated heterocycles. The fraction of sp³-hybridized carbons (Fsp3) is 0. The topological polar surface area (TPSA) is 241 Å². The van der Waals surface area contributed by atoms with Gasteiger partial charge in [-0.05, 0) is 0 Å². The smallest absolute Gasteiger partial charge is 0.584 e. The van der Waals surface area contributed by atoms with Gasteiger partial charge in [-0.25, -0.2) is 0 Å². The Hall–Kier alpha value is 8.04. The number of carbonyl (C=O) groups is 6. The Kier molecular flexibility index (Phi) is 375. The molecule has 0 aliphatic carbocycles. The predicted molar refractivity (Wildman–Crippen MR) is 62.2 cm³/mol. The summed E-state index contributed by atoms with van der Waals surface area (Å²) >= 11 is 0. The van der Waals surface area contributed by atoms with Gasteiger partial charge in [0.15, 0.2) is 0 Å². The van der Waals surface area contributed by atoms with Gasteiger partial charge in [0.2, 0.25) is 0 Å². The molecule has 12 nitrogen and oxygen atoms in total. The Labute approximate surface area is 478 Å². The minimum Gasteiger partial charge on any atom is -0.584 e. The molecule has 0 aliphatic heterocycles. The first kappa shape index (κ1) is 120. The SMILES string of the molecule is [CH2-]C(=O)[O-].[CH2-]C(=O)[O-].[CH2-]C(=O)[O-].[CH2-]C(=O)[O-].[CH2-]C(=O)[O-].[CH2-]C(=O)[O-].[Na+].[Na+].[Na+].[Na+].[Na+].[Na+].[Na+].[Na+].[Na+].[Na+].[Na+].[Na+]. The zero-order valence-electron chi connectivity index (χ0n) is 24.1. The van der Waals surface area contributed by atoms with Gasteiger partial charge in [-0.1, -0.05) is 0 Å². The van der Waals surface area contributed by atoms with Crippen LogP contribution in [0.4, 0.5) is 0 Å². The van der Waals surface area contributed by atoms with Crippen LogP contribution < -0.4 is 385 Å². The summed E-state index contributed by atoms with van der Waals surface area (Å²) < 4.78 is 0. The van der Waals surface area contributed by atoms with Gasteiger partial charge in [-0.3, -0.25) is 0 Å². The maximum Gasteiger partial charge on any atom is 1.00 e. The van der Waals surface area contributed by atoms with Crippen molar-refractivity contribution in [3.63, 3.8) is 0 Å². The average molecular weight is 624 g/mol. The van der Waals surface area contributed by atoms with Crippen LogP contribution in [0.3, 0.4) is 0 Å². The van der Waals surface area contributed by atoms with Crippen LogP contribution in [0.15, 0.2) is 0 Å². The maximum absolute atomic E-state index is 8.78. The Balaban J connectivity index is -0.00000000633. The Morgan fingerprint density at radius 1 is 0.250 bits per heavy atom. The van der Waals surface area contributed by atoms with Crippen LogP contribution in [0.25, 0.3) is 0 Å². The van der Waals surface area contributed by atoms with E-state index >= 15 is 0 Å². The molecule has 0 aromatic heterocycles. The van der Waals surface area contributed by atoms with Gasteiger partial charge in [-0.2, -0.15) is 0 Å².